The number of carboxylic acid groups (broad SMARTS) is 1. The summed E-state index contributed by atoms with van der Waals surface area (Å²) in [4.78, 5) is 12.8. The van der Waals surface area contributed by atoms with Gasteiger partial charge in [0.2, 0.25) is 0 Å². The molecule has 2 N–H and O–H groups in total. The van der Waals surface area contributed by atoms with Crippen molar-refractivity contribution in [1.29, 1.82) is 0 Å². The van der Waals surface area contributed by atoms with Crippen LogP contribution in [0.15, 0.2) is 28.7 Å². The SMILES string of the molecule is CC1Nc2ccc(Br)cc2/C(=C/C(=O)O)N1C. The van der Waals surface area contributed by atoms with Gasteiger partial charge in [0.15, 0.2) is 0 Å². The van der Waals surface area contributed by atoms with Crippen molar-refractivity contribution in [1.82, 2.24) is 4.90 Å². The third kappa shape index (κ3) is 2.29. The number of hydrogen-bond acceptors (Lipinski definition) is 3. The molecule has 1 aromatic carbocycles. The lowest BCUT2D eigenvalue weighted by molar-refractivity contribution is -0.131. The molecule has 0 amide bonds. The maximum absolute atomic E-state index is 10.9. The fraction of sp³-hybridized carbons (Fsp3) is 0.250. The molecule has 5 heteroatoms. The van der Waals surface area contributed by atoms with E-state index in [9.17, 15) is 4.79 Å². The van der Waals surface area contributed by atoms with Gasteiger partial charge in [-0.15, -0.1) is 0 Å². The Labute approximate surface area is 108 Å². The zero-order chi connectivity index (χ0) is 12.6. The van der Waals surface area contributed by atoms with Gasteiger partial charge >= 0.3 is 5.97 Å². The van der Waals surface area contributed by atoms with Crippen LogP contribution in [0, 0.1) is 0 Å². The molecule has 0 spiro atoms. The van der Waals surface area contributed by atoms with Crippen LogP contribution in [0.4, 0.5) is 5.69 Å². The topological polar surface area (TPSA) is 52.6 Å². The van der Waals surface area contributed by atoms with Crippen LogP contribution in [0.25, 0.3) is 5.70 Å². The Morgan fingerprint density at radius 3 is 2.94 bits per heavy atom. The summed E-state index contributed by atoms with van der Waals surface area (Å²) in [6.45, 7) is 1.99. The van der Waals surface area contributed by atoms with Crippen molar-refractivity contribution in [2.45, 2.75) is 13.1 Å². The molecule has 0 aromatic heterocycles. The third-order valence-corrected chi connectivity index (χ3v) is 3.34. The normalized spacial score (nSPS) is 21.0. The maximum atomic E-state index is 10.9. The highest BCUT2D eigenvalue weighted by Gasteiger charge is 2.23. The molecule has 1 aliphatic heterocycles. The Morgan fingerprint density at radius 2 is 2.29 bits per heavy atom. The zero-order valence-electron chi connectivity index (χ0n) is 9.57. The van der Waals surface area contributed by atoms with E-state index in [1.807, 2.05) is 37.1 Å². The van der Waals surface area contributed by atoms with E-state index in [2.05, 4.69) is 21.2 Å². The van der Waals surface area contributed by atoms with Gasteiger partial charge in [-0.25, -0.2) is 4.79 Å². The summed E-state index contributed by atoms with van der Waals surface area (Å²) in [5.41, 5.74) is 2.55. The minimum Gasteiger partial charge on any atom is -0.478 e. The highest BCUT2D eigenvalue weighted by atomic mass is 79.9. The van der Waals surface area contributed by atoms with Crippen molar-refractivity contribution < 1.29 is 9.90 Å². The van der Waals surface area contributed by atoms with Crippen molar-refractivity contribution in [3.05, 3.63) is 34.3 Å². The van der Waals surface area contributed by atoms with E-state index in [1.165, 1.54) is 6.08 Å². The molecule has 1 atom stereocenters. The van der Waals surface area contributed by atoms with Gasteiger partial charge in [-0.3, -0.25) is 0 Å². The molecule has 1 unspecified atom stereocenters. The average molecular weight is 297 g/mol. The van der Waals surface area contributed by atoms with Gasteiger partial charge in [-0.2, -0.15) is 0 Å². The number of nitrogens with one attached hydrogen (secondary N) is 1. The predicted octanol–water partition coefficient (Wildman–Crippen LogP) is 2.58. The Hall–Kier alpha value is -1.49. The number of fused-ring (bicyclic) bond motifs is 1. The van der Waals surface area contributed by atoms with Crippen LogP contribution in [-0.2, 0) is 4.79 Å². The molecule has 1 aliphatic rings. The third-order valence-electron chi connectivity index (χ3n) is 2.84. The van der Waals surface area contributed by atoms with Crippen LogP contribution in [0.2, 0.25) is 0 Å². The Balaban J connectivity index is 2.58. The molecular formula is C12H13BrN2O2. The number of halogens is 1. The quantitative estimate of drug-likeness (QED) is 0.782. The van der Waals surface area contributed by atoms with E-state index in [-0.39, 0.29) is 6.17 Å². The maximum Gasteiger partial charge on any atom is 0.330 e. The molecule has 0 saturated heterocycles. The number of carboxylic acids is 1. The number of rotatable bonds is 1. The predicted molar refractivity (Wildman–Crippen MR) is 70.6 cm³/mol. The van der Waals surface area contributed by atoms with Crippen LogP contribution in [0.5, 0.6) is 0 Å². The van der Waals surface area contributed by atoms with Crippen molar-refractivity contribution in [2.75, 3.05) is 12.4 Å². The molecule has 0 aliphatic carbocycles. The molecule has 1 heterocycles. The van der Waals surface area contributed by atoms with E-state index in [0.29, 0.717) is 5.70 Å². The van der Waals surface area contributed by atoms with E-state index in [1.54, 1.807) is 0 Å². The van der Waals surface area contributed by atoms with Gasteiger partial charge in [-0.05, 0) is 25.1 Å². The molecule has 0 bridgehead atoms. The number of nitrogens with zero attached hydrogens (tertiary/aromatic N) is 1. The molecule has 0 fully saturated rings. The number of carbonyl (C=O) groups is 1. The van der Waals surface area contributed by atoms with Gasteiger partial charge in [0.25, 0.3) is 0 Å². The van der Waals surface area contributed by atoms with Gasteiger partial charge in [0, 0.05) is 28.8 Å². The fourth-order valence-corrected chi connectivity index (χ4v) is 2.23. The minimum absolute atomic E-state index is 0.0641. The smallest absolute Gasteiger partial charge is 0.330 e. The van der Waals surface area contributed by atoms with Crippen molar-refractivity contribution in [3.8, 4) is 0 Å². The summed E-state index contributed by atoms with van der Waals surface area (Å²) in [7, 11) is 1.87. The highest BCUT2D eigenvalue weighted by molar-refractivity contribution is 9.10. The lowest BCUT2D eigenvalue weighted by Gasteiger charge is -2.36. The second-order valence-corrected chi connectivity index (χ2v) is 4.90. The fourth-order valence-electron chi connectivity index (χ4n) is 1.87. The first-order valence-electron chi connectivity index (χ1n) is 5.23. The summed E-state index contributed by atoms with van der Waals surface area (Å²) in [5, 5.41) is 12.2. The molecule has 2 rings (SSSR count). The van der Waals surface area contributed by atoms with E-state index in [4.69, 9.17) is 5.11 Å². The molecule has 90 valence electrons. The molecule has 17 heavy (non-hydrogen) atoms. The number of anilines is 1. The molecule has 1 aromatic rings. The van der Waals surface area contributed by atoms with E-state index < -0.39 is 5.97 Å². The summed E-state index contributed by atoms with van der Waals surface area (Å²) >= 11 is 3.40. The summed E-state index contributed by atoms with van der Waals surface area (Å²) in [6.07, 6.45) is 1.30. The summed E-state index contributed by atoms with van der Waals surface area (Å²) in [6, 6.07) is 5.79. The van der Waals surface area contributed by atoms with Crippen molar-refractivity contribution >= 4 is 33.3 Å². The van der Waals surface area contributed by atoms with Crippen LogP contribution in [0.1, 0.15) is 12.5 Å². The standard InChI is InChI=1S/C12H13BrN2O2/c1-7-14-10-4-3-8(13)5-9(10)11(15(7)2)6-12(16)17/h3-7,14H,1-2H3,(H,16,17)/b11-6-. The average Bonchev–Trinajstić information content (AvgIpc) is 2.25. The Morgan fingerprint density at radius 1 is 1.59 bits per heavy atom. The Bertz CT molecular complexity index is 499. The van der Waals surface area contributed by atoms with Gasteiger partial charge < -0.3 is 15.3 Å². The van der Waals surface area contributed by atoms with Crippen LogP contribution in [-0.4, -0.2) is 29.2 Å². The summed E-state index contributed by atoms with van der Waals surface area (Å²) in [5.74, 6) is -0.938. The lowest BCUT2D eigenvalue weighted by atomic mass is 10.0. The van der Waals surface area contributed by atoms with Gasteiger partial charge in [0.05, 0.1) is 11.9 Å². The lowest BCUT2D eigenvalue weighted by Crippen LogP contribution is -2.38. The van der Waals surface area contributed by atoms with Crippen molar-refractivity contribution in [3.63, 3.8) is 0 Å². The second kappa shape index (κ2) is 4.41. The first kappa shape index (κ1) is 12.0. The van der Waals surface area contributed by atoms with E-state index in [0.717, 1.165) is 15.7 Å². The van der Waals surface area contributed by atoms with Gasteiger partial charge in [-0.1, -0.05) is 15.9 Å². The van der Waals surface area contributed by atoms with Gasteiger partial charge in [0.1, 0.15) is 0 Å². The molecular weight excluding hydrogens is 284 g/mol. The molecule has 0 saturated carbocycles. The zero-order valence-corrected chi connectivity index (χ0v) is 11.2. The molecule has 4 nitrogen and oxygen atoms in total. The van der Waals surface area contributed by atoms with Crippen molar-refractivity contribution in [2.24, 2.45) is 0 Å². The number of aliphatic carboxylic acids is 1. The minimum atomic E-state index is -0.938. The van der Waals surface area contributed by atoms with Crippen LogP contribution < -0.4 is 5.32 Å². The monoisotopic (exact) mass is 296 g/mol. The summed E-state index contributed by atoms with van der Waals surface area (Å²) < 4.78 is 0.928. The highest BCUT2D eigenvalue weighted by Crippen LogP contribution is 2.34. The first-order chi connectivity index (χ1) is 7.99. The molecule has 0 radical (unpaired) electrons. The van der Waals surface area contributed by atoms with Crippen LogP contribution >= 0.6 is 15.9 Å². The number of hydrogen-bond donors (Lipinski definition) is 2. The second-order valence-electron chi connectivity index (χ2n) is 3.99. The van der Waals surface area contributed by atoms with Crippen LogP contribution in [0.3, 0.4) is 0 Å². The number of benzene rings is 1. The van der Waals surface area contributed by atoms with E-state index >= 15 is 0 Å². The largest absolute Gasteiger partial charge is 0.478 e. The Kier molecular flexibility index (Phi) is 3.11. The first-order valence-corrected chi connectivity index (χ1v) is 6.02.